The largest absolute Gasteiger partial charge is 0.455 e. The van der Waals surface area contributed by atoms with Crippen molar-refractivity contribution in [1.82, 2.24) is 10.7 Å². The molecule has 2 aromatic heterocycles. The summed E-state index contributed by atoms with van der Waals surface area (Å²) in [5, 5.41) is 8.53. The minimum absolute atomic E-state index is 0.0812. The van der Waals surface area contributed by atoms with Crippen LogP contribution in [0.4, 0.5) is 0 Å². The Kier molecular flexibility index (Phi) is 7.29. The predicted molar refractivity (Wildman–Crippen MR) is 134 cm³/mol. The van der Waals surface area contributed by atoms with Crippen molar-refractivity contribution in [3.63, 3.8) is 0 Å². The van der Waals surface area contributed by atoms with Crippen LogP contribution < -0.4 is 10.7 Å². The van der Waals surface area contributed by atoms with Crippen molar-refractivity contribution in [2.24, 2.45) is 5.10 Å². The van der Waals surface area contributed by atoms with Crippen LogP contribution >= 0.6 is 27.3 Å². The lowest BCUT2D eigenvalue weighted by Crippen LogP contribution is -2.32. The molecule has 0 saturated heterocycles. The number of halogens is 1. The summed E-state index contributed by atoms with van der Waals surface area (Å²) in [5.74, 6) is 0.213. The number of hydrogen-bond donors (Lipinski definition) is 2. The van der Waals surface area contributed by atoms with Gasteiger partial charge in [-0.2, -0.15) is 5.10 Å². The number of rotatable bonds is 7. The summed E-state index contributed by atoms with van der Waals surface area (Å²) in [7, 11) is 0. The zero-order valence-corrected chi connectivity index (χ0v) is 19.6. The molecule has 2 heterocycles. The molecule has 2 N–H and O–H groups in total. The van der Waals surface area contributed by atoms with E-state index in [0.717, 1.165) is 14.9 Å². The molecule has 0 radical (unpaired) electrons. The van der Waals surface area contributed by atoms with Gasteiger partial charge < -0.3 is 9.73 Å². The van der Waals surface area contributed by atoms with Gasteiger partial charge in [-0.05, 0) is 53.9 Å². The van der Waals surface area contributed by atoms with Crippen LogP contribution in [0, 0.1) is 0 Å². The number of nitrogens with one attached hydrogen (secondary N) is 2. The van der Waals surface area contributed by atoms with Gasteiger partial charge >= 0.3 is 0 Å². The van der Waals surface area contributed by atoms with Crippen molar-refractivity contribution in [3.8, 4) is 11.3 Å². The Morgan fingerprint density at radius 3 is 2.58 bits per heavy atom. The van der Waals surface area contributed by atoms with Gasteiger partial charge in [0.15, 0.2) is 0 Å². The van der Waals surface area contributed by atoms with E-state index < -0.39 is 5.91 Å². The van der Waals surface area contributed by atoms with E-state index in [1.807, 2.05) is 53.9 Å². The molecule has 4 rings (SSSR count). The van der Waals surface area contributed by atoms with Gasteiger partial charge in [0.2, 0.25) is 0 Å². The van der Waals surface area contributed by atoms with Crippen LogP contribution in [0.15, 0.2) is 104 Å². The maximum Gasteiger partial charge on any atom is 0.287 e. The topological polar surface area (TPSA) is 83.7 Å². The van der Waals surface area contributed by atoms with E-state index in [9.17, 15) is 9.59 Å². The smallest absolute Gasteiger partial charge is 0.287 e. The highest BCUT2D eigenvalue weighted by Gasteiger charge is 2.14. The second-order valence-electron chi connectivity index (χ2n) is 6.81. The minimum Gasteiger partial charge on any atom is -0.455 e. The molecular formula is C25H18BrN3O3S. The lowest BCUT2D eigenvalue weighted by molar-refractivity contribution is -0.117. The monoisotopic (exact) mass is 519 g/mol. The maximum atomic E-state index is 12.8. The molecule has 8 heteroatoms. The summed E-state index contributed by atoms with van der Waals surface area (Å²) in [5.41, 5.74) is 3.89. The van der Waals surface area contributed by atoms with Crippen molar-refractivity contribution in [2.45, 2.75) is 0 Å². The number of nitrogens with zero attached hydrogens (tertiary/aromatic N) is 1. The fourth-order valence-electron chi connectivity index (χ4n) is 2.89. The number of carbonyl (C=O) groups is 2. The Bertz CT molecular complexity index is 1310. The Hall–Kier alpha value is -3.75. The van der Waals surface area contributed by atoms with Crippen molar-refractivity contribution in [3.05, 3.63) is 111 Å². The summed E-state index contributed by atoms with van der Waals surface area (Å²) >= 11 is 4.89. The van der Waals surface area contributed by atoms with Crippen molar-refractivity contribution >= 4 is 51.4 Å². The van der Waals surface area contributed by atoms with Gasteiger partial charge in [-0.3, -0.25) is 9.59 Å². The highest BCUT2D eigenvalue weighted by atomic mass is 79.9. The van der Waals surface area contributed by atoms with Crippen LogP contribution in [0.25, 0.3) is 17.4 Å². The number of furan rings is 1. The number of hydrogen-bond acceptors (Lipinski definition) is 5. The summed E-state index contributed by atoms with van der Waals surface area (Å²) in [4.78, 5) is 26.1. The molecule has 0 aliphatic carbocycles. The lowest BCUT2D eigenvalue weighted by Gasteiger charge is -2.08. The minimum atomic E-state index is -0.553. The van der Waals surface area contributed by atoms with Crippen molar-refractivity contribution in [2.75, 3.05) is 0 Å². The van der Waals surface area contributed by atoms with E-state index in [-0.39, 0.29) is 11.6 Å². The molecule has 0 bridgehead atoms. The number of thiophene rings is 1. The highest BCUT2D eigenvalue weighted by Crippen LogP contribution is 2.24. The molecule has 33 heavy (non-hydrogen) atoms. The van der Waals surface area contributed by atoms with Gasteiger partial charge in [0, 0.05) is 20.5 Å². The van der Waals surface area contributed by atoms with Crippen molar-refractivity contribution < 1.29 is 14.0 Å². The van der Waals surface area contributed by atoms with Crippen LogP contribution in [0.1, 0.15) is 21.0 Å². The SMILES string of the molecule is O=C(NN=Cc1ccc(-c2cccc(Br)c2)o1)C(=Cc1cccs1)NC(=O)c1ccccc1. The van der Waals surface area contributed by atoms with E-state index in [2.05, 4.69) is 31.8 Å². The molecule has 0 fully saturated rings. The fraction of sp³-hybridized carbons (Fsp3) is 0. The first-order valence-corrected chi connectivity index (χ1v) is 11.6. The molecule has 0 aliphatic rings. The first kappa shape index (κ1) is 22.4. The molecule has 0 spiro atoms. The zero-order chi connectivity index (χ0) is 23.0. The Morgan fingerprint density at radius 1 is 0.970 bits per heavy atom. The second-order valence-corrected chi connectivity index (χ2v) is 8.70. The first-order valence-electron chi connectivity index (χ1n) is 9.89. The third kappa shape index (κ3) is 6.15. The molecule has 0 atom stereocenters. The van der Waals surface area contributed by atoms with Crippen LogP contribution in [0.5, 0.6) is 0 Å². The number of carbonyl (C=O) groups excluding carboxylic acids is 2. The molecule has 0 unspecified atom stereocenters. The van der Waals surface area contributed by atoms with Gasteiger partial charge in [-0.15, -0.1) is 11.3 Å². The van der Waals surface area contributed by atoms with E-state index in [0.29, 0.717) is 17.1 Å². The number of amides is 2. The Morgan fingerprint density at radius 2 is 1.82 bits per heavy atom. The lowest BCUT2D eigenvalue weighted by atomic mass is 10.2. The fourth-order valence-corrected chi connectivity index (χ4v) is 3.95. The van der Waals surface area contributed by atoms with E-state index >= 15 is 0 Å². The van der Waals surface area contributed by atoms with Gasteiger partial charge in [0.1, 0.15) is 17.2 Å². The van der Waals surface area contributed by atoms with Gasteiger partial charge in [0.25, 0.3) is 11.8 Å². The van der Waals surface area contributed by atoms with E-state index in [1.165, 1.54) is 17.6 Å². The van der Waals surface area contributed by atoms with Crippen LogP contribution in [0.3, 0.4) is 0 Å². The molecule has 0 aliphatic heterocycles. The van der Waals surface area contributed by atoms with Gasteiger partial charge in [0.05, 0.1) is 6.21 Å². The Balaban J connectivity index is 1.46. The number of benzene rings is 2. The van der Waals surface area contributed by atoms with E-state index in [4.69, 9.17) is 4.42 Å². The van der Waals surface area contributed by atoms with Crippen LogP contribution in [-0.4, -0.2) is 18.0 Å². The highest BCUT2D eigenvalue weighted by molar-refractivity contribution is 9.10. The van der Waals surface area contributed by atoms with E-state index in [1.54, 1.807) is 36.4 Å². The first-order chi connectivity index (χ1) is 16.1. The molecule has 4 aromatic rings. The zero-order valence-electron chi connectivity index (χ0n) is 17.2. The molecule has 2 aromatic carbocycles. The average molecular weight is 520 g/mol. The Labute approximate surface area is 202 Å². The molecule has 6 nitrogen and oxygen atoms in total. The predicted octanol–water partition coefficient (Wildman–Crippen LogP) is 5.69. The third-order valence-corrected chi connectivity index (χ3v) is 5.76. The normalized spacial score (nSPS) is 11.5. The third-order valence-electron chi connectivity index (χ3n) is 4.45. The molecule has 2 amide bonds. The summed E-state index contributed by atoms with van der Waals surface area (Å²) < 4.78 is 6.72. The van der Waals surface area contributed by atoms with Crippen molar-refractivity contribution in [1.29, 1.82) is 0 Å². The average Bonchev–Trinajstić information content (AvgIpc) is 3.51. The molecular weight excluding hydrogens is 502 g/mol. The van der Waals surface area contributed by atoms with Gasteiger partial charge in [-0.25, -0.2) is 5.43 Å². The van der Waals surface area contributed by atoms with Crippen LogP contribution in [0.2, 0.25) is 0 Å². The van der Waals surface area contributed by atoms with Gasteiger partial charge in [-0.1, -0.05) is 52.3 Å². The quantitative estimate of drug-likeness (QED) is 0.187. The second kappa shape index (κ2) is 10.7. The standard InChI is InChI=1S/C25H18BrN3O3S/c26-19-9-4-8-18(14-19)23-12-11-20(32-23)16-27-29-25(31)22(15-21-10-5-13-33-21)28-24(30)17-6-2-1-3-7-17/h1-16H,(H,28,30)(H,29,31). The molecule has 0 saturated carbocycles. The molecule has 164 valence electrons. The van der Waals surface area contributed by atoms with Crippen LogP contribution in [-0.2, 0) is 4.79 Å². The maximum absolute atomic E-state index is 12.8. The summed E-state index contributed by atoms with van der Waals surface area (Å²) in [6.07, 6.45) is 3.01. The summed E-state index contributed by atoms with van der Waals surface area (Å²) in [6.45, 7) is 0. The summed E-state index contributed by atoms with van der Waals surface area (Å²) in [6, 6.07) is 23.7. The number of hydrazone groups is 1.